The number of hydrogen-bond donors (Lipinski definition) is 1. The fourth-order valence-corrected chi connectivity index (χ4v) is 2.18. The fraction of sp³-hybridized carbons (Fsp3) is 0.211. The molecule has 1 N–H and O–H groups in total. The normalized spacial score (nSPS) is 11.9. The Hall–Kier alpha value is -2.95. The summed E-state index contributed by atoms with van der Waals surface area (Å²) in [4.78, 5) is 11.9. The number of rotatable bonds is 5. The molecular formula is C19H19N3O2. The van der Waals surface area contributed by atoms with E-state index in [0.717, 1.165) is 23.2 Å². The lowest BCUT2D eigenvalue weighted by atomic mass is 10.1. The number of carbonyl (C=O) groups excluding carboxylic acids is 1. The highest BCUT2D eigenvalue weighted by molar-refractivity contribution is 5.92. The lowest BCUT2D eigenvalue weighted by Gasteiger charge is -2.09. The van der Waals surface area contributed by atoms with Gasteiger partial charge in [0.1, 0.15) is 0 Å². The van der Waals surface area contributed by atoms with E-state index in [-0.39, 0.29) is 11.8 Å². The maximum absolute atomic E-state index is 11.9. The van der Waals surface area contributed by atoms with Crippen LogP contribution < -0.4 is 5.32 Å². The molecule has 5 heteroatoms. The molecule has 2 aromatic carbocycles. The minimum Gasteiger partial charge on any atom is -0.416 e. The van der Waals surface area contributed by atoms with Gasteiger partial charge in [-0.25, -0.2) is 0 Å². The fourth-order valence-electron chi connectivity index (χ4n) is 2.18. The van der Waals surface area contributed by atoms with E-state index in [0.29, 0.717) is 11.8 Å². The molecule has 0 aliphatic heterocycles. The van der Waals surface area contributed by atoms with E-state index in [4.69, 9.17) is 4.42 Å². The largest absolute Gasteiger partial charge is 0.416 e. The Bertz CT molecular complexity index is 810. The van der Waals surface area contributed by atoms with Crippen molar-refractivity contribution in [2.75, 3.05) is 5.32 Å². The van der Waals surface area contributed by atoms with Crippen molar-refractivity contribution in [1.82, 2.24) is 10.2 Å². The third kappa shape index (κ3) is 3.51. The van der Waals surface area contributed by atoms with Gasteiger partial charge in [0, 0.05) is 22.7 Å². The van der Waals surface area contributed by atoms with E-state index < -0.39 is 0 Å². The van der Waals surface area contributed by atoms with Crippen LogP contribution in [0.2, 0.25) is 0 Å². The number of carbonyl (C=O) groups is 1. The first-order chi connectivity index (χ1) is 11.7. The lowest BCUT2D eigenvalue weighted by Crippen LogP contribution is -2.19. The molecule has 122 valence electrons. The molecule has 3 aromatic rings. The van der Waals surface area contributed by atoms with Gasteiger partial charge in [-0.1, -0.05) is 32.0 Å². The molecule has 3 rings (SSSR count). The Labute approximate surface area is 140 Å². The summed E-state index contributed by atoms with van der Waals surface area (Å²) >= 11 is 0. The third-order valence-corrected chi connectivity index (χ3v) is 3.91. The van der Waals surface area contributed by atoms with Crippen molar-refractivity contribution in [2.24, 2.45) is 5.92 Å². The van der Waals surface area contributed by atoms with Gasteiger partial charge in [0.25, 0.3) is 0 Å². The molecule has 0 fully saturated rings. The Morgan fingerprint density at radius 1 is 1.00 bits per heavy atom. The van der Waals surface area contributed by atoms with Gasteiger partial charge >= 0.3 is 0 Å². The second-order valence-corrected chi connectivity index (χ2v) is 5.65. The zero-order valence-electron chi connectivity index (χ0n) is 13.7. The molecule has 0 spiro atoms. The molecule has 1 heterocycles. The van der Waals surface area contributed by atoms with Gasteiger partial charge in [-0.05, 0) is 42.8 Å². The number of hydrogen-bond acceptors (Lipinski definition) is 4. The molecule has 0 unspecified atom stereocenters. The molecule has 1 atom stereocenters. The summed E-state index contributed by atoms with van der Waals surface area (Å²) in [6, 6.07) is 17.0. The maximum atomic E-state index is 11.9. The third-order valence-electron chi connectivity index (χ3n) is 3.91. The lowest BCUT2D eigenvalue weighted by molar-refractivity contribution is -0.119. The number of anilines is 1. The molecule has 1 aromatic heterocycles. The van der Waals surface area contributed by atoms with Crippen molar-refractivity contribution in [2.45, 2.75) is 20.3 Å². The topological polar surface area (TPSA) is 68.0 Å². The van der Waals surface area contributed by atoms with Crippen molar-refractivity contribution in [3.63, 3.8) is 0 Å². The predicted octanol–water partition coefficient (Wildman–Crippen LogP) is 4.39. The van der Waals surface area contributed by atoms with Crippen molar-refractivity contribution in [3.8, 4) is 22.9 Å². The second-order valence-electron chi connectivity index (χ2n) is 5.65. The van der Waals surface area contributed by atoms with Gasteiger partial charge in [0.05, 0.1) is 0 Å². The number of benzene rings is 2. The predicted molar refractivity (Wildman–Crippen MR) is 93.3 cm³/mol. The first kappa shape index (κ1) is 15.9. The number of aromatic nitrogens is 2. The number of nitrogens with zero attached hydrogens (tertiary/aromatic N) is 2. The highest BCUT2D eigenvalue weighted by Gasteiger charge is 2.12. The maximum Gasteiger partial charge on any atom is 0.248 e. The summed E-state index contributed by atoms with van der Waals surface area (Å²) in [6.07, 6.45) is 0.814. The summed E-state index contributed by atoms with van der Waals surface area (Å²) in [5.41, 5.74) is 2.45. The van der Waals surface area contributed by atoms with E-state index >= 15 is 0 Å². The molecule has 0 aliphatic rings. The first-order valence-electron chi connectivity index (χ1n) is 7.97. The van der Waals surface area contributed by atoms with Crippen LogP contribution in [0.4, 0.5) is 5.69 Å². The van der Waals surface area contributed by atoms with E-state index in [9.17, 15) is 4.79 Å². The Balaban J connectivity index is 1.75. The molecular weight excluding hydrogens is 302 g/mol. The van der Waals surface area contributed by atoms with Gasteiger partial charge < -0.3 is 9.73 Å². The average molecular weight is 321 g/mol. The molecule has 0 bridgehead atoms. The monoisotopic (exact) mass is 321 g/mol. The standard InChI is InChI=1S/C19H19N3O2/c1-3-13(2)17(23)20-16-11-9-15(10-12-16)19-22-21-18(24-19)14-7-5-4-6-8-14/h4-13H,3H2,1-2H3,(H,20,23)/t13-/m0/s1. The van der Waals surface area contributed by atoms with E-state index in [1.807, 2.05) is 68.4 Å². The molecule has 24 heavy (non-hydrogen) atoms. The number of amides is 1. The van der Waals surface area contributed by atoms with Crippen LogP contribution in [-0.2, 0) is 4.79 Å². The van der Waals surface area contributed by atoms with Crippen molar-refractivity contribution < 1.29 is 9.21 Å². The van der Waals surface area contributed by atoms with E-state index in [2.05, 4.69) is 15.5 Å². The molecule has 0 saturated heterocycles. The molecule has 5 nitrogen and oxygen atoms in total. The van der Waals surface area contributed by atoms with Crippen LogP contribution >= 0.6 is 0 Å². The summed E-state index contributed by atoms with van der Waals surface area (Å²) in [7, 11) is 0. The van der Waals surface area contributed by atoms with Crippen LogP contribution in [0.1, 0.15) is 20.3 Å². The van der Waals surface area contributed by atoms with Crippen molar-refractivity contribution >= 4 is 11.6 Å². The Morgan fingerprint density at radius 3 is 2.17 bits per heavy atom. The van der Waals surface area contributed by atoms with Gasteiger partial charge in [0.2, 0.25) is 17.7 Å². The quantitative estimate of drug-likeness (QED) is 0.757. The molecule has 0 aliphatic carbocycles. The van der Waals surface area contributed by atoms with E-state index in [1.54, 1.807) is 0 Å². The van der Waals surface area contributed by atoms with Crippen LogP contribution in [0.25, 0.3) is 22.9 Å². The minimum atomic E-state index is -0.00551. The van der Waals surface area contributed by atoms with Crippen LogP contribution in [-0.4, -0.2) is 16.1 Å². The highest BCUT2D eigenvalue weighted by atomic mass is 16.4. The van der Waals surface area contributed by atoms with Gasteiger partial charge in [-0.2, -0.15) is 0 Å². The summed E-state index contributed by atoms with van der Waals surface area (Å²) in [5.74, 6) is 0.955. The zero-order chi connectivity index (χ0) is 16.9. The van der Waals surface area contributed by atoms with Crippen LogP contribution in [0.3, 0.4) is 0 Å². The van der Waals surface area contributed by atoms with Crippen LogP contribution in [0.15, 0.2) is 59.0 Å². The molecule has 0 radical (unpaired) electrons. The smallest absolute Gasteiger partial charge is 0.248 e. The van der Waals surface area contributed by atoms with Crippen LogP contribution in [0.5, 0.6) is 0 Å². The van der Waals surface area contributed by atoms with Crippen molar-refractivity contribution in [1.29, 1.82) is 0 Å². The van der Waals surface area contributed by atoms with Crippen LogP contribution in [0, 0.1) is 5.92 Å². The molecule has 1 amide bonds. The van der Waals surface area contributed by atoms with Gasteiger partial charge in [0.15, 0.2) is 0 Å². The Morgan fingerprint density at radius 2 is 1.58 bits per heavy atom. The highest BCUT2D eigenvalue weighted by Crippen LogP contribution is 2.24. The number of nitrogens with one attached hydrogen (secondary N) is 1. The van der Waals surface area contributed by atoms with Gasteiger partial charge in [-0.3, -0.25) is 4.79 Å². The van der Waals surface area contributed by atoms with E-state index in [1.165, 1.54) is 0 Å². The first-order valence-corrected chi connectivity index (χ1v) is 7.97. The summed E-state index contributed by atoms with van der Waals surface area (Å²) in [6.45, 7) is 3.90. The molecule has 0 saturated carbocycles. The summed E-state index contributed by atoms with van der Waals surface area (Å²) in [5, 5.41) is 11.1. The Kier molecular flexibility index (Phi) is 4.70. The minimum absolute atomic E-state index is 0.00551. The summed E-state index contributed by atoms with van der Waals surface area (Å²) < 4.78 is 5.72. The average Bonchev–Trinajstić information content (AvgIpc) is 3.12. The van der Waals surface area contributed by atoms with Gasteiger partial charge in [-0.15, -0.1) is 10.2 Å². The zero-order valence-corrected chi connectivity index (χ0v) is 13.7. The van der Waals surface area contributed by atoms with Crippen molar-refractivity contribution in [3.05, 3.63) is 54.6 Å². The second kappa shape index (κ2) is 7.08. The SMILES string of the molecule is CC[C@H](C)C(=O)Nc1ccc(-c2nnc(-c3ccccc3)o2)cc1.